The van der Waals surface area contributed by atoms with Gasteiger partial charge >= 0.3 is 18.8 Å². The van der Waals surface area contributed by atoms with E-state index in [1.54, 1.807) is 0 Å². The standard InChI is InChI=1S/C31H20Cl3F10N3O3/c32-17-5-4-13(10-14(17)26(48)46-19-7-6-18(35)24(23(19)36)47-28(50)25(37)38)45-27(49)22-21(29(22,33)34)15-8-12(30(39,40)41)9-16(31(42,43)44)20(15)11-2-1-3-11/h4-11,21-22,25H,1-3H2,(H,45,49)(H,46,48)(H,47,50)/t21-,22+/m0/s1. The number of carbonyl (C=O) groups is 3. The highest BCUT2D eigenvalue weighted by Gasteiger charge is 2.68. The summed E-state index contributed by atoms with van der Waals surface area (Å²) in [4.78, 5) is 37.6. The SMILES string of the molecule is O=C(Nc1ccc(F)c(NC(=O)C(F)F)c1F)c1cc(NC(=O)[C@H]2[C@H](c3cc(C(F)(F)F)cc(C(F)(F)F)c3C3CCC3)C2(Cl)Cl)ccc1Cl. The van der Waals surface area contributed by atoms with Gasteiger partial charge in [-0.1, -0.05) is 18.0 Å². The monoisotopic (exact) mass is 777 g/mol. The first kappa shape index (κ1) is 37.5. The van der Waals surface area contributed by atoms with Gasteiger partial charge < -0.3 is 16.0 Å². The summed E-state index contributed by atoms with van der Waals surface area (Å²) < 4.78 is 136. The lowest BCUT2D eigenvalue weighted by molar-refractivity contribution is -0.143. The molecular formula is C31H20Cl3F10N3O3. The molecule has 0 saturated heterocycles. The van der Waals surface area contributed by atoms with Crippen molar-refractivity contribution in [3.05, 3.63) is 86.9 Å². The maximum Gasteiger partial charge on any atom is 0.416 e. The normalized spacial score (nSPS) is 18.8. The first-order valence-electron chi connectivity index (χ1n) is 14.3. The summed E-state index contributed by atoms with van der Waals surface area (Å²) in [7, 11) is 0. The second kappa shape index (κ2) is 13.4. The highest BCUT2D eigenvalue weighted by atomic mass is 35.5. The molecule has 0 heterocycles. The number of anilines is 3. The lowest BCUT2D eigenvalue weighted by Gasteiger charge is -2.32. The number of hydrogen-bond donors (Lipinski definition) is 3. The molecule has 5 rings (SSSR count). The van der Waals surface area contributed by atoms with Gasteiger partial charge in [-0.25, -0.2) is 8.78 Å². The Morgan fingerprint density at radius 1 is 0.860 bits per heavy atom. The third-order valence-electron chi connectivity index (χ3n) is 8.29. The minimum Gasteiger partial charge on any atom is -0.326 e. The smallest absolute Gasteiger partial charge is 0.326 e. The molecule has 3 aromatic carbocycles. The van der Waals surface area contributed by atoms with E-state index in [4.69, 9.17) is 34.8 Å². The van der Waals surface area contributed by atoms with Crippen LogP contribution < -0.4 is 16.0 Å². The summed E-state index contributed by atoms with van der Waals surface area (Å²) in [6, 6.07) is 5.04. The maximum atomic E-state index is 14.9. The molecule has 0 unspecified atom stereocenters. The molecule has 0 aliphatic heterocycles. The summed E-state index contributed by atoms with van der Waals surface area (Å²) in [5, 5.41) is 5.42. The predicted molar refractivity (Wildman–Crippen MR) is 163 cm³/mol. The lowest BCUT2D eigenvalue weighted by Crippen LogP contribution is -2.22. The van der Waals surface area contributed by atoms with Gasteiger partial charge in [-0.3, -0.25) is 14.4 Å². The molecule has 3 N–H and O–H groups in total. The average Bonchev–Trinajstić information content (AvgIpc) is 3.56. The fourth-order valence-corrected chi connectivity index (χ4v) is 6.67. The van der Waals surface area contributed by atoms with E-state index >= 15 is 0 Å². The van der Waals surface area contributed by atoms with Crippen molar-refractivity contribution < 1.29 is 58.3 Å². The average molecular weight is 779 g/mol. The molecule has 2 fully saturated rings. The van der Waals surface area contributed by atoms with Crippen molar-refractivity contribution in [1.29, 1.82) is 0 Å². The second-order valence-electron chi connectivity index (χ2n) is 11.5. The number of amides is 3. The Bertz CT molecular complexity index is 1880. The van der Waals surface area contributed by atoms with Gasteiger partial charge in [-0.05, 0) is 72.4 Å². The Morgan fingerprint density at radius 2 is 1.52 bits per heavy atom. The predicted octanol–water partition coefficient (Wildman–Crippen LogP) is 9.91. The minimum absolute atomic E-state index is 0.0249. The molecule has 19 heteroatoms. The zero-order valence-corrected chi connectivity index (χ0v) is 26.9. The fourth-order valence-electron chi connectivity index (χ4n) is 5.65. The van der Waals surface area contributed by atoms with Gasteiger partial charge in [0.1, 0.15) is 15.8 Å². The van der Waals surface area contributed by atoms with Crippen molar-refractivity contribution in [2.45, 2.75) is 54.2 Å². The highest BCUT2D eigenvalue weighted by molar-refractivity contribution is 6.53. The molecule has 3 aromatic rings. The van der Waals surface area contributed by atoms with Gasteiger partial charge in [-0.2, -0.15) is 35.1 Å². The molecule has 2 aliphatic carbocycles. The number of hydrogen-bond acceptors (Lipinski definition) is 3. The summed E-state index contributed by atoms with van der Waals surface area (Å²) >= 11 is 18.8. The Balaban J connectivity index is 1.42. The van der Waals surface area contributed by atoms with Gasteiger partial charge in [0.25, 0.3) is 11.8 Å². The van der Waals surface area contributed by atoms with Crippen LogP contribution in [0.2, 0.25) is 5.02 Å². The maximum absolute atomic E-state index is 14.9. The highest BCUT2D eigenvalue weighted by Crippen LogP contribution is 2.67. The van der Waals surface area contributed by atoms with E-state index in [9.17, 15) is 58.3 Å². The summed E-state index contributed by atoms with van der Waals surface area (Å²) in [5.74, 6) is -11.1. The molecule has 268 valence electrons. The molecule has 0 aromatic heterocycles. The Morgan fingerprint density at radius 3 is 2.08 bits per heavy atom. The number of benzene rings is 3. The van der Waals surface area contributed by atoms with Crippen LogP contribution in [0.4, 0.5) is 61.0 Å². The first-order valence-corrected chi connectivity index (χ1v) is 15.4. The molecule has 2 aliphatic rings. The zero-order valence-electron chi connectivity index (χ0n) is 24.6. The van der Waals surface area contributed by atoms with Crippen LogP contribution in [0.15, 0.2) is 42.5 Å². The van der Waals surface area contributed by atoms with Gasteiger partial charge in [0.2, 0.25) is 5.91 Å². The molecule has 0 bridgehead atoms. The van der Waals surface area contributed by atoms with E-state index < -0.39 is 109 Å². The summed E-state index contributed by atoms with van der Waals surface area (Å²) in [6.07, 6.45) is -12.9. The van der Waals surface area contributed by atoms with Crippen molar-refractivity contribution in [1.82, 2.24) is 0 Å². The van der Waals surface area contributed by atoms with Crippen LogP contribution in [0.3, 0.4) is 0 Å². The van der Waals surface area contributed by atoms with Crippen molar-refractivity contribution in [2.75, 3.05) is 16.0 Å². The number of carbonyl (C=O) groups excluding carboxylic acids is 3. The van der Waals surface area contributed by atoms with Crippen LogP contribution in [0.1, 0.15) is 63.7 Å². The van der Waals surface area contributed by atoms with Crippen LogP contribution in [0.5, 0.6) is 0 Å². The molecule has 2 atom stereocenters. The van der Waals surface area contributed by atoms with E-state index in [2.05, 4.69) is 5.32 Å². The second-order valence-corrected chi connectivity index (χ2v) is 13.3. The Hall–Kier alpha value is -3.76. The molecule has 2 saturated carbocycles. The molecule has 0 spiro atoms. The van der Waals surface area contributed by atoms with Crippen molar-refractivity contribution >= 4 is 69.6 Å². The summed E-state index contributed by atoms with van der Waals surface area (Å²) in [6.45, 7) is 0. The van der Waals surface area contributed by atoms with E-state index in [1.165, 1.54) is 11.4 Å². The largest absolute Gasteiger partial charge is 0.416 e. The molecule has 3 amide bonds. The van der Waals surface area contributed by atoms with Crippen LogP contribution in [-0.2, 0) is 21.9 Å². The Kier molecular flexibility index (Phi) is 10.1. The van der Waals surface area contributed by atoms with Crippen molar-refractivity contribution in [3.63, 3.8) is 0 Å². The van der Waals surface area contributed by atoms with Crippen LogP contribution in [-0.4, -0.2) is 28.5 Å². The quantitative estimate of drug-likeness (QED) is 0.157. The van der Waals surface area contributed by atoms with Crippen LogP contribution in [0, 0.1) is 17.6 Å². The van der Waals surface area contributed by atoms with E-state index in [1.807, 2.05) is 5.32 Å². The number of halogens is 13. The number of alkyl halides is 10. The van der Waals surface area contributed by atoms with Crippen LogP contribution >= 0.6 is 34.8 Å². The van der Waals surface area contributed by atoms with Gasteiger partial charge in [0, 0.05) is 11.6 Å². The van der Waals surface area contributed by atoms with E-state index in [0.717, 1.165) is 12.1 Å². The number of rotatable bonds is 8. The van der Waals surface area contributed by atoms with Crippen molar-refractivity contribution in [3.8, 4) is 0 Å². The van der Waals surface area contributed by atoms with Gasteiger partial charge in [-0.15, -0.1) is 23.2 Å². The third-order valence-corrected chi connectivity index (χ3v) is 9.56. The molecular weight excluding hydrogens is 759 g/mol. The lowest BCUT2D eigenvalue weighted by atomic mass is 9.74. The van der Waals surface area contributed by atoms with Crippen molar-refractivity contribution in [2.24, 2.45) is 5.92 Å². The zero-order chi connectivity index (χ0) is 37.1. The molecule has 0 radical (unpaired) electrons. The van der Waals surface area contributed by atoms with E-state index in [-0.39, 0.29) is 29.6 Å². The van der Waals surface area contributed by atoms with E-state index in [0.29, 0.717) is 24.6 Å². The van der Waals surface area contributed by atoms with Gasteiger partial charge in [0.15, 0.2) is 5.82 Å². The number of nitrogens with one attached hydrogen (secondary N) is 3. The molecule has 6 nitrogen and oxygen atoms in total. The fraction of sp³-hybridized carbons (Fsp3) is 0.323. The first-order chi connectivity index (χ1) is 23.1. The minimum atomic E-state index is -5.18. The molecule has 50 heavy (non-hydrogen) atoms. The Labute approximate surface area is 290 Å². The third kappa shape index (κ3) is 7.33. The van der Waals surface area contributed by atoms with Crippen LogP contribution in [0.25, 0.3) is 0 Å². The topological polar surface area (TPSA) is 87.3 Å². The van der Waals surface area contributed by atoms with Gasteiger partial charge in [0.05, 0.1) is 33.3 Å². The summed E-state index contributed by atoms with van der Waals surface area (Å²) in [5.41, 5.74) is -6.69.